The molecule has 0 fully saturated rings. The van der Waals surface area contributed by atoms with Gasteiger partial charge in [-0.2, -0.15) is 0 Å². The molecule has 0 N–H and O–H groups in total. The summed E-state index contributed by atoms with van der Waals surface area (Å²) in [6.07, 6.45) is 3.93. The summed E-state index contributed by atoms with van der Waals surface area (Å²) < 4.78 is 0. The van der Waals surface area contributed by atoms with E-state index in [1.165, 1.54) is 11.6 Å². The number of allylic oxidation sites excluding steroid dienone is 1. The lowest BCUT2D eigenvalue weighted by molar-refractivity contribution is -0.104. The zero-order valence-corrected chi connectivity index (χ0v) is 13.2. The molecule has 2 rings (SSSR count). The van der Waals surface area contributed by atoms with Crippen LogP contribution in [-0.4, -0.2) is 11.3 Å². The zero-order chi connectivity index (χ0) is 15.5. The number of hydrogen-bond acceptors (Lipinski definition) is 2. The van der Waals surface area contributed by atoms with Crippen molar-refractivity contribution in [2.24, 2.45) is 0 Å². The predicted molar refractivity (Wildman–Crippen MR) is 87.5 cm³/mol. The number of carbonyl (C=O) groups excluding carboxylic acids is 1. The van der Waals surface area contributed by atoms with Crippen LogP contribution in [0.2, 0.25) is 5.15 Å². The summed E-state index contributed by atoms with van der Waals surface area (Å²) in [4.78, 5) is 15.0. The number of nitrogens with zero attached hydrogens (tertiary/aromatic N) is 1. The lowest BCUT2D eigenvalue weighted by Gasteiger charge is -2.19. The Morgan fingerprint density at radius 3 is 2.33 bits per heavy atom. The minimum absolute atomic E-state index is 0.0962. The molecular formula is C18H18ClNO. The highest BCUT2D eigenvalue weighted by atomic mass is 35.5. The van der Waals surface area contributed by atoms with E-state index < -0.39 is 0 Å². The van der Waals surface area contributed by atoms with E-state index in [4.69, 9.17) is 11.6 Å². The molecule has 108 valence electrons. The van der Waals surface area contributed by atoms with Crippen LogP contribution in [0.4, 0.5) is 0 Å². The summed E-state index contributed by atoms with van der Waals surface area (Å²) in [7, 11) is 0. The van der Waals surface area contributed by atoms with E-state index in [0.29, 0.717) is 5.15 Å². The van der Waals surface area contributed by atoms with Crippen LogP contribution in [0, 0.1) is 0 Å². The number of carbonyl (C=O) groups is 1. The molecule has 2 aromatic rings. The van der Waals surface area contributed by atoms with Gasteiger partial charge in [-0.05, 0) is 40.3 Å². The van der Waals surface area contributed by atoms with E-state index in [1.54, 1.807) is 6.20 Å². The molecule has 0 radical (unpaired) electrons. The third kappa shape index (κ3) is 3.59. The van der Waals surface area contributed by atoms with Crippen molar-refractivity contribution in [2.45, 2.75) is 26.2 Å². The van der Waals surface area contributed by atoms with E-state index in [-0.39, 0.29) is 5.41 Å². The first kappa shape index (κ1) is 15.5. The molecule has 0 saturated carbocycles. The molecule has 21 heavy (non-hydrogen) atoms. The maximum Gasteiger partial charge on any atom is 0.143 e. The number of benzene rings is 1. The van der Waals surface area contributed by atoms with Crippen LogP contribution in [-0.2, 0) is 10.2 Å². The van der Waals surface area contributed by atoms with Gasteiger partial charge in [-0.15, -0.1) is 0 Å². The van der Waals surface area contributed by atoms with Crippen LogP contribution in [0.1, 0.15) is 37.5 Å². The average Bonchev–Trinajstić information content (AvgIpc) is 2.45. The maximum atomic E-state index is 11.0. The van der Waals surface area contributed by atoms with Gasteiger partial charge in [-0.25, -0.2) is 4.98 Å². The van der Waals surface area contributed by atoms with Gasteiger partial charge in [-0.3, -0.25) is 4.79 Å². The maximum absolute atomic E-state index is 11.0. The van der Waals surface area contributed by atoms with Crippen molar-refractivity contribution in [3.8, 4) is 0 Å². The van der Waals surface area contributed by atoms with Crippen LogP contribution < -0.4 is 0 Å². The fourth-order valence-corrected chi connectivity index (χ4v) is 2.37. The Bertz CT molecular complexity index is 666. The second-order valence-electron chi connectivity index (χ2n) is 5.89. The first-order chi connectivity index (χ1) is 9.93. The van der Waals surface area contributed by atoms with Crippen molar-refractivity contribution in [3.05, 3.63) is 70.5 Å². The van der Waals surface area contributed by atoms with E-state index in [9.17, 15) is 4.79 Å². The summed E-state index contributed by atoms with van der Waals surface area (Å²) in [5, 5.41) is 0.394. The number of aromatic nitrogens is 1. The first-order valence-corrected chi connectivity index (χ1v) is 7.18. The highest BCUT2D eigenvalue weighted by Crippen LogP contribution is 2.29. The SMILES string of the molecule is CC(C)(C)c1ccc(/C(=C/C=O)c2cccnc2Cl)cc1. The third-order valence-electron chi connectivity index (χ3n) is 3.35. The Morgan fingerprint density at radius 1 is 1.14 bits per heavy atom. The van der Waals surface area contributed by atoms with Crippen LogP contribution in [0.5, 0.6) is 0 Å². The number of pyridine rings is 1. The zero-order valence-electron chi connectivity index (χ0n) is 12.4. The normalized spacial score (nSPS) is 12.3. The summed E-state index contributed by atoms with van der Waals surface area (Å²) in [6.45, 7) is 6.51. The molecule has 1 heterocycles. The fourth-order valence-electron chi connectivity index (χ4n) is 2.15. The van der Waals surface area contributed by atoms with Gasteiger partial charge in [0.1, 0.15) is 11.4 Å². The van der Waals surface area contributed by atoms with Crippen molar-refractivity contribution in [1.29, 1.82) is 0 Å². The van der Waals surface area contributed by atoms with Crippen molar-refractivity contribution in [1.82, 2.24) is 4.98 Å². The van der Waals surface area contributed by atoms with Crippen LogP contribution in [0.15, 0.2) is 48.7 Å². The van der Waals surface area contributed by atoms with Crippen LogP contribution in [0.25, 0.3) is 5.57 Å². The van der Waals surface area contributed by atoms with Crippen molar-refractivity contribution < 1.29 is 4.79 Å². The molecule has 2 nitrogen and oxygen atoms in total. The van der Waals surface area contributed by atoms with Crippen LogP contribution >= 0.6 is 11.6 Å². The number of aldehydes is 1. The van der Waals surface area contributed by atoms with Gasteiger partial charge >= 0.3 is 0 Å². The lowest BCUT2D eigenvalue weighted by atomic mass is 9.86. The number of hydrogen-bond donors (Lipinski definition) is 0. The third-order valence-corrected chi connectivity index (χ3v) is 3.65. The molecule has 0 aliphatic heterocycles. The van der Waals surface area contributed by atoms with Gasteiger partial charge in [0.2, 0.25) is 0 Å². The fraction of sp³-hybridized carbons (Fsp3) is 0.222. The highest BCUT2D eigenvalue weighted by molar-refractivity contribution is 6.31. The first-order valence-electron chi connectivity index (χ1n) is 6.81. The molecule has 0 spiro atoms. The summed E-state index contributed by atoms with van der Waals surface area (Å²) >= 11 is 6.14. The number of halogens is 1. The molecule has 0 aliphatic rings. The van der Waals surface area contributed by atoms with Gasteiger partial charge in [0.15, 0.2) is 0 Å². The molecular weight excluding hydrogens is 282 g/mol. The standard InChI is InChI=1S/C18H18ClNO/c1-18(2,3)14-8-6-13(7-9-14)15(10-12-21)16-5-4-11-20-17(16)19/h4-12H,1-3H3/b15-10-. The van der Waals surface area contributed by atoms with Gasteiger partial charge in [0.25, 0.3) is 0 Å². The van der Waals surface area contributed by atoms with Crippen molar-refractivity contribution >= 4 is 23.5 Å². The second kappa shape index (κ2) is 6.23. The van der Waals surface area contributed by atoms with Crippen molar-refractivity contribution in [3.63, 3.8) is 0 Å². The monoisotopic (exact) mass is 299 g/mol. The Balaban J connectivity index is 2.48. The molecule has 0 aliphatic carbocycles. The average molecular weight is 300 g/mol. The molecule has 3 heteroatoms. The largest absolute Gasteiger partial charge is 0.299 e. The van der Waals surface area contributed by atoms with Crippen LogP contribution in [0.3, 0.4) is 0 Å². The molecule has 0 atom stereocenters. The predicted octanol–water partition coefficient (Wildman–Crippen LogP) is 4.66. The highest BCUT2D eigenvalue weighted by Gasteiger charge is 2.14. The topological polar surface area (TPSA) is 30.0 Å². The lowest BCUT2D eigenvalue weighted by Crippen LogP contribution is -2.10. The number of rotatable bonds is 3. The summed E-state index contributed by atoms with van der Waals surface area (Å²) in [5.74, 6) is 0. The Hall–Kier alpha value is -1.93. The minimum atomic E-state index is 0.0962. The van der Waals surface area contributed by atoms with E-state index >= 15 is 0 Å². The molecule has 0 unspecified atom stereocenters. The molecule has 1 aromatic carbocycles. The Morgan fingerprint density at radius 2 is 1.81 bits per heavy atom. The van der Waals surface area contributed by atoms with Gasteiger partial charge in [0, 0.05) is 11.8 Å². The molecule has 0 bridgehead atoms. The van der Waals surface area contributed by atoms with E-state index in [2.05, 4.69) is 37.9 Å². The molecule has 1 aromatic heterocycles. The minimum Gasteiger partial charge on any atom is -0.299 e. The van der Waals surface area contributed by atoms with Gasteiger partial charge < -0.3 is 0 Å². The smallest absolute Gasteiger partial charge is 0.143 e. The van der Waals surface area contributed by atoms with Crippen molar-refractivity contribution in [2.75, 3.05) is 0 Å². The quantitative estimate of drug-likeness (QED) is 0.468. The van der Waals surface area contributed by atoms with E-state index in [1.807, 2.05) is 24.3 Å². The molecule has 0 saturated heterocycles. The Labute approximate surface area is 130 Å². The van der Waals surface area contributed by atoms with E-state index in [0.717, 1.165) is 23.0 Å². The van der Waals surface area contributed by atoms with Gasteiger partial charge in [0.05, 0.1) is 0 Å². The van der Waals surface area contributed by atoms with Gasteiger partial charge in [-0.1, -0.05) is 56.6 Å². The second-order valence-corrected chi connectivity index (χ2v) is 6.24. The summed E-state index contributed by atoms with van der Waals surface area (Å²) in [5.41, 5.74) is 3.83. The summed E-state index contributed by atoms with van der Waals surface area (Å²) in [6, 6.07) is 11.9. The Kier molecular flexibility index (Phi) is 4.59. The molecule has 0 amide bonds.